The summed E-state index contributed by atoms with van der Waals surface area (Å²) < 4.78 is 1.84. The second-order valence-electron chi connectivity index (χ2n) is 5.23. The molecule has 4 heteroatoms. The van der Waals surface area contributed by atoms with Crippen LogP contribution < -0.4 is 5.32 Å². The molecule has 0 aliphatic heterocycles. The van der Waals surface area contributed by atoms with E-state index in [1.54, 1.807) is 0 Å². The third-order valence-electron chi connectivity index (χ3n) is 3.59. The molecule has 3 nitrogen and oxygen atoms in total. The first-order chi connectivity index (χ1) is 9.22. The summed E-state index contributed by atoms with van der Waals surface area (Å²) in [6.45, 7) is 0.810. The van der Waals surface area contributed by atoms with Crippen molar-refractivity contribution in [2.75, 3.05) is 0 Å². The van der Waals surface area contributed by atoms with E-state index in [-0.39, 0.29) is 0 Å². The Bertz CT molecular complexity index is 543. The summed E-state index contributed by atoms with van der Waals surface area (Å²) in [5.74, 6) is 0.755. The highest BCUT2D eigenvalue weighted by Gasteiger charge is 2.31. The topological polar surface area (TPSA) is 29.9 Å². The van der Waals surface area contributed by atoms with Crippen molar-refractivity contribution >= 4 is 11.6 Å². The predicted molar refractivity (Wildman–Crippen MR) is 77.0 cm³/mol. The van der Waals surface area contributed by atoms with Gasteiger partial charge < -0.3 is 5.32 Å². The Morgan fingerprint density at radius 1 is 1.32 bits per heavy atom. The third kappa shape index (κ3) is 3.17. The van der Waals surface area contributed by atoms with Gasteiger partial charge in [-0.05, 0) is 42.5 Å². The molecule has 0 radical (unpaired) electrons. The van der Waals surface area contributed by atoms with Gasteiger partial charge in [-0.2, -0.15) is 5.10 Å². The molecule has 0 saturated heterocycles. The van der Waals surface area contributed by atoms with E-state index in [1.807, 2.05) is 30.1 Å². The Kier molecular flexibility index (Phi) is 3.58. The zero-order valence-electron chi connectivity index (χ0n) is 11.0. The van der Waals surface area contributed by atoms with Gasteiger partial charge in [0.1, 0.15) is 0 Å². The van der Waals surface area contributed by atoms with Crippen LogP contribution in [0.4, 0.5) is 0 Å². The van der Waals surface area contributed by atoms with E-state index >= 15 is 0 Å². The maximum atomic E-state index is 5.95. The number of rotatable bonds is 5. The highest BCUT2D eigenvalue weighted by atomic mass is 35.5. The molecule has 0 bridgehead atoms. The lowest BCUT2D eigenvalue weighted by Crippen LogP contribution is -2.23. The van der Waals surface area contributed by atoms with Crippen LogP contribution >= 0.6 is 11.6 Å². The predicted octanol–water partition coefficient (Wildman–Crippen LogP) is 3.31. The van der Waals surface area contributed by atoms with Crippen LogP contribution in [0.15, 0.2) is 36.5 Å². The molecule has 1 aliphatic carbocycles. The zero-order chi connectivity index (χ0) is 13.2. The number of nitrogens with one attached hydrogen (secondary N) is 1. The number of hydrogen-bond acceptors (Lipinski definition) is 2. The second kappa shape index (κ2) is 5.35. The van der Waals surface area contributed by atoms with Gasteiger partial charge in [-0.25, -0.2) is 0 Å². The zero-order valence-corrected chi connectivity index (χ0v) is 11.8. The molecule has 1 unspecified atom stereocenters. The normalized spacial score (nSPS) is 16.5. The molecule has 0 amide bonds. The first kappa shape index (κ1) is 12.7. The molecule has 1 fully saturated rings. The first-order valence-electron chi connectivity index (χ1n) is 6.70. The highest BCUT2D eigenvalue weighted by Crippen LogP contribution is 2.41. The lowest BCUT2D eigenvalue weighted by atomic mass is 10.0. The Morgan fingerprint density at radius 2 is 2.05 bits per heavy atom. The van der Waals surface area contributed by atoms with Crippen molar-refractivity contribution in [2.45, 2.75) is 25.4 Å². The Balaban J connectivity index is 1.69. The van der Waals surface area contributed by atoms with Crippen molar-refractivity contribution in [1.82, 2.24) is 15.1 Å². The van der Waals surface area contributed by atoms with Crippen molar-refractivity contribution in [3.8, 4) is 0 Å². The molecule has 1 atom stereocenters. The van der Waals surface area contributed by atoms with Gasteiger partial charge in [-0.3, -0.25) is 4.68 Å². The minimum absolute atomic E-state index is 0.416. The van der Waals surface area contributed by atoms with Gasteiger partial charge in [-0.15, -0.1) is 0 Å². The molecule has 100 valence electrons. The standard InChI is InChI=1S/C15H18ClN3/c1-19-9-8-14(18-19)10-17-15(11-2-3-11)12-4-6-13(16)7-5-12/h4-9,11,15,17H,2-3,10H2,1H3. The first-order valence-corrected chi connectivity index (χ1v) is 7.07. The van der Waals surface area contributed by atoms with Crippen LogP contribution in [0.1, 0.15) is 30.1 Å². The molecule has 1 aromatic heterocycles. The summed E-state index contributed by atoms with van der Waals surface area (Å²) in [7, 11) is 1.95. The Hall–Kier alpha value is -1.32. The van der Waals surface area contributed by atoms with Gasteiger partial charge in [0.25, 0.3) is 0 Å². The third-order valence-corrected chi connectivity index (χ3v) is 3.85. The van der Waals surface area contributed by atoms with E-state index in [9.17, 15) is 0 Å². The van der Waals surface area contributed by atoms with Crippen LogP contribution in [0.5, 0.6) is 0 Å². The average molecular weight is 276 g/mol. The highest BCUT2D eigenvalue weighted by molar-refractivity contribution is 6.30. The molecule has 2 aromatic rings. The Morgan fingerprint density at radius 3 is 2.63 bits per heavy atom. The maximum Gasteiger partial charge on any atom is 0.0762 e. The molecular weight excluding hydrogens is 258 g/mol. The van der Waals surface area contributed by atoms with E-state index < -0.39 is 0 Å². The second-order valence-corrected chi connectivity index (χ2v) is 5.66. The van der Waals surface area contributed by atoms with Crippen LogP contribution in [0.25, 0.3) is 0 Å². The van der Waals surface area contributed by atoms with Gasteiger partial charge in [0.15, 0.2) is 0 Å². The van der Waals surface area contributed by atoms with Gasteiger partial charge in [-0.1, -0.05) is 23.7 Å². The van der Waals surface area contributed by atoms with E-state index in [1.165, 1.54) is 18.4 Å². The van der Waals surface area contributed by atoms with Crippen molar-refractivity contribution in [3.63, 3.8) is 0 Å². The summed E-state index contributed by atoms with van der Waals surface area (Å²) in [4.78, 5) is 0. The molecule has 1 aliphatic rings. The van der Waals surface area contributed by atoms with Gasteiger partial charge in [0.05, 0.1) is 5.69 Å². The molecule has 3 rings (SSSR count). The van der Waals surface area contributed by atoms with E-state index in [0.717, 1.165) is 23.2 Å². The van der Waals surface area contributed by atoms with Gasteiger partial charge >= 0.3 is 0 Å². The summed E-state index contributed by atoms with van der Waals surface area (Å²) in [6, 6.07) is 10.6. The molecule has 1 heterocycles. The fourth-order valence-corrected chi connectivity index (χ4v) is 2.55. The molecule has 1 N–H and O–H groups in total. The van der Waals surface area contributed by atoms with Crippen molar-refractivity contribution in [3.05, 3.63) is 52.8 Å². The largest absolute Gasteiger partial charge is 0.304 e. The van der Waals surface area contributed by atoms with E-state index in [0.29, 0.717) is 6.04 Å². The smallest absolute Gasteiger partial charge is 0.0762 e. The molecule has 1 saturated carbocycles. The van der Waals surface area contributed by atoms with Crippen molar-refractivity contribution < 1.29 is 0 Å². The SMILES string of the molecule is Cn1ccc(CNC(c2ccc(Cl)cc2)C2CC2)n1. The molecule has 0 spiro atoms. The number of nitrogens with zero attached hydrogens (tertiary/aromatic N) is 2. The fourth-order valence-electron chi connectivity index (χ4n) is 2.43. The molecular formula is C15H18ClN3. The summed E-state index contributed by atoms with van der Waals surface area (Å²) >= 11 is 5.95. The summed E-state index contributed by atoms with van der Waals surface area (Å²) in [6.07, 6.45) is 4.59. The number of hydrogen-bond donors (Lipinski definition) is 1. The quantitative estimate of drug-likeness (QED) is 0.907. The minimum atomic E-state index is 0.416. The lowest BCUT2D eigenvalue weighted by Gasteiger charge is -2.18. The van der Waals surface area contributed by atoms with Crippen LogP contribution in [-0.2, 0) is 13.6 Å². The van der Waals surface area contributed by atoms with E-state index in [2.05, 4.69) is 28.6 Å². The van der Waals surface area contributed by atoms with Crippen molar-refractivity contribution in [2.24, 2.45) is 13.0 Å². The Labute approximate surface area is 118 Å². The number of aryl methyl sites for hydroxylation is 1. The van der Waals surface area contributed by atoms with Crippen LogP contribution in [0, 0.1) is 5.92 Å². The van der Waals surface area contributed by atoms with Crippen molar-refractivity contribution in [1.29, 1.82) is 0 Å². The number of aromatic nitrogens is 2. The minimum Gasteiger partial charge on any atom is -0.304 e. The number of benzene rings is 1. The van der Waals surface area contributed by atoms with Gasteiger partial charge in [0.2, 0.25) is 0 Å². The van der Waals surface area contributed by atoms with E-state index in [4.69, 9.17) is 11.6 Å². The summed E-state index contributed by atoms with van der Waals surface area (Å²) in [5.41, 5.74) is 2.41. The van der Waals surface area contributed by atoms with Crippen LogP contribution in [-0.4, -0.2) is 9.78 Å². The monoisotopic (exact) mass is 275 g/mol. The van der Waals surface area contributed by atoms with Crippen LogP contribution in [0.2, 0.25) is 5.02 Å². The fraction of sp³-hybridized carbons (Fsp3) is 0.400. The maximum absolute atomic E-state index is 5.95. The molecule has 1 aromatic carbocycles. The lowest BCUT2D eigenvalue weighted by molar-refractivity contribution is 0.474. The summed E-state index contributed by atoms with van der Waals surface area (Å²) in [5, 5.41) is 8.83. The van der Waals surface area contributed by atoms with Gasteiger partial charge in [0, 0.05) is 30.9 Å². The number of halogens is 1. The molecule has 19 heavy (non-hydrogen) atoms. The average Bonchev–Trinajstić information content (AvgIpc) is 3.15. The van der Waals surface area contributed by atoms with Crippen LogP contribution in [0.3, 0.4) is 0 Å².